The Balaban J connectivity index is 2.18. The molecule has 1 fully saturated rings. The molecule has 0 aromatic heterocycles. The molecule has 2 rings (SSSR count). The minimum absolute atomic E-state index is 0.424. The third-order valence-corrected chi connectivity index (χ3v) is 3.37. The molecule has 1 saturated heterocycles. The zero-order valence-electron chi connectivity index (χ0n) is 6.93. The van der Waals surface area contributed by atoms with E-state index < -0.39 is 22.5 Å². The van der Waals surface area contributed by atoms with Crippen LogP contribution in [0.1, 0.15) is 0 Å². The molecule has 0 spiro atoms. The van der Waals surface area contributed by atoms with E-state index >= 15 is 0 Å². The molecule has 0 N–H and O–H groups in total. The fourth-order valence-corrected chi connectivity index (χ4v) is 2.41. The van der Waals surface area contributed by atoms with Gasteiger partial charge >= 0.3 is 5.12 Å². The van der Waals surface area contributed by atoms with Crippen LogP contribution in [0.4, 0.5) is 13.6 Å². The number of hydrogen-bond acceptors (Lipinski definition) is 5. The van der Waals surface area contributed by atoms with Crippen molar-refractivity contribution in [2.45, 2.75) is 16.6 Å². The number of β-lactam (4-membered cyclic amide) rings is 1. The molecule has 2 heterocycles. The lowest BCUT2D eigenvalue weighted by molar-refractivity contribution is -0.350. The van der Waals surface area contributed by atoms with Crippen LogP contribution >= 0.6 is 11.8 Å². The predicted octanol–water partition coefficient (Wildman–Crippen LogP) is 1.14. The van der Waals surface area contributed by atoms with Crippen LogP contribution in [0.5, 0.6) is 0 Å². The van der Waals surface area contributed by atoms with Crippen LogP contribution in [-0.2, 0) is 19.6 Å². The van der Waals surface area contributed by atoms with Crippen LogP contribution < -0.4 is 0 Å². The Morgan fingerprint density at radius 2 is 2.07 bits per heavy atom. The molecule has 84 valence electrons. The van der Waals surface area contributed by atoms with Gasteiger partial charge in [-0.15, -0.1) is 9.88 Å². The average molecular weight is 243 g/mol. The minimum atomic E-state index is -2.31. The Bertz CT molecular complexity index is 311. The van der Waals surface area contributed by atoms with E-state index in [1.165, 1.54) is 0 Å². The van der Waals surface area contributed by atoms with Gasteiger partial charge < -0.3 is 4.90 Å². The number of carbonyl (C=O) groups is 1. The minimum Gasteiger partial charge on any atom is -0.301 e. The lowest BCUT2D eigenvalue weighted by atomic mass is 10.1. The molecule has 0 saturated carbocycles. The van der Waals surface area contributed by atoms with Crippen molar-refractivity contribution >= 4 is 17.7 Å². The predicted molar refractivity (Wildman–Crippen MR) is 40.5 cm³/mol. The highest BCUT2D eigenvalue weighted by molar-refractivity contribution is 8.01. The van der Waals surface area contributed by atoms with Crippen LogP contribution in [0, 0.1) is 0 Å². The number of halogens is 3. The quantitative estimate of drug-likeness (QED) is 0.549. The van der Waals surface area contributed by atoms with Gasteiger partial charge in [0.1, 0.15) is 5.37 Å². The zero-order valence-corrected chi connectivity index (χ0v) is 7.75. The maximum absolute atomic E-state index is 12.0. The lowest BCUT2D eigenvalue weighted by Gasteiger charge is -2.46. The van der Waals surface area contributed by atoms with Gasteiger partial charge in [-0.25, -0.2) is 0 Å². The van der Waals surface area contributed by atoms with Crippen molar-refractivity contribution in [1.82, 2.24) is 4.90 Å². The molecule has 9 heteroatoms. The molecule has 15 heavy (non-hydrogen) atoms. The van der Waals surface area contributed by atoms with E-state index in [9.17, 15) is 18.4 Å². The van der Waals surface area contributed by atoms with Crippen molar-refractivity contribution in [1.29, 1.82) is 0 Å². The van der Waals surface area contributed by atoms with Crippen LogP contribution in [0.2, 0.25) is 0 Å². The Labute approximate surface area is 85.4 Å². The van der Waals surface area contributed by atoms with Crippen molar-refractivity contribution in [3.05, 3.63) is 12.3 Å². The summed E-state index contributed by atoms with van der Waals surface area (Å²) in [5.74, 6) is -0.641. The summed E-state index contributed by atoms with van der Waals surface area (Å²) in [6.45, 7) is 0. The van der Waals surface area contributed by atoms with Crippen LogP contribution in [0.25, 0.3) is 0 Å². The van der Waals surface area contributed by atoms with Crippen molar-refractivity contribution in [2.75, 3.05) is 0 Å². The molecule has 0 aromatic rings. The summed E-state index contributed by atoms with van der Waals surface area (Å²) in [5, 5.41) is -3.22. The first-order valence-electron chi connectivity index (χ1n) is 3.73. The standard InChI is InChI=1S/C6H4F3NO4S/c7-12-3-4(11)10-2-1-6(13-8,14-9)15-5(3)10/h1-3,5H/t3?,5-/m1/s1. The van der Waals surface area contributed by atoms with E-state index in [4.69, 9.17) is 0 Å². The average Bonchev–Trinajstić information content (AvgIpc) is 2.28. The Hall–Kier alpha value is -0.770. The van der Waals surface area contributed by atoms with Gasteiger partial charge in [-0.3, -0.25) is 4.79 Å². The summed E-state index contributed by atoms with van der Waals surface area (Å²) in [6, 6.07) is 0. The normalized spacial score (nSPS) is 32.5. The maximum atomic E-state index is 12.0. The summed E-state index contributed by atoms with van der Waals surface area (Å²) in [5.41, 5.74) is 0. The number of nitrogens with zero attached hydrogens (tertiary/aromatic N) is 1. The van der Waals surface area contributed by atoms with Gasteiger partial charge in [0.25, 0.3) is 5.91 Å². The first-order valence-corrected chi connectivity index (χ1v) is 4.61. The number of amides is 1. The molecular weight excluding hydrogens is 239 g/mol. The molecular formula is C6H4F3NO4S. The summed E-state index contributed by atoms with van der Waals surface area (Å²) in [6.07, 6.45) is 0.489. The third kappa shape index (κ3) is 1.42. The van der Waals surface area contributed by atoms with Gasteiger partial charge in [-0.05, 0) is 13.6 Å². The molecule has 1 unspecified atom stereocenters. The molecule has 2 aliphatic rings. The molecule has 0 aliphatic carbocycles. The van der Waals surface area contributed by atoms with Gasteiger partial charge in [0.2, 0.25) is 6.10 Å². The van der Waals surface area contributed by atoms with Gasteiger partial charge in [-0.1, -0.05) is 11.8 Å². The highest BCUT2D eigenvalue weighted by Gasteiger charge is 2.57. The van der Waals surface area contributed by atoms with E-state index in [1.807, 2.05) is 0 Å². The summed E-state index contributed by atoms with van der Waals surface area (Å²) < 4.78 is 35.9. The van der Waals surface area contributed by atoms with Crippen molar-refractivity contribution in [2.24, 2.45) is 0 Å². The third-order valence-electron chi connectivity index (χ3n) is 2.07. The second-order valence-corrected chi connectivity index (χ2v) is 4.12. The topological polar surface area (TPSA) is 48.0 Å². The number of rotatable bonds is 3. The van der Waals surface area contributed by atoms with E-state index in [0.29, 0.717) is 11.8 Å². The molecule has 0 radical (unpaired) electrons. The number of hydrogen-bond donors (Lipinski definition) is 0. The summed E-state index contributed by atoms with van der Waals surface area (Å²) in [7, 11) is 0. The van der Waals surface area contributed by atoms with Gasteiger partial charge in [0, 0.05) is 12.3 Å². The number of carbonyl (C=O) groups excluding carboxylic acids is 1. The van der Waals surface area contributed by atoms with Gasteiger partial charge in [0.15, 0.2) is 0 Å². The number of thioether (sulfide) groups is 1. The fourth-order valence-electron chi connectivity index (χ4n) is 1.30. The van der Waals surface area contributed by atoms with Gasteiger partial charge in [0.05, 0.1) is 0 Å². The molecule has 1 amide bonds. The van der Waals surface area contributed by atoms with E-state index in [1.54, 1.807) is 0 Å². The second-order valence-electron chi connectivity index (χ2n) is 2.84. The molecule has 0 bridgehead atoms. The molecule has 2 atom stereocenters. The Morgan fingerprint density at radius 1 is 1.40 bits per heavy atom. The van der Waals surface area contributed by atoms with Crippen LogP contribution in [0.3, 0.4) is 0 Å². The van der Waals surface area contributed by atoms with Crippen molar-refractivity contribution in [3.8, 4) is 0 Å². The first kappa shape index (κ1) is 10.7. The first-order chi connectivity index (χ1) is 7.17. The van der Waals surface area contributed by atoms with E-state index in [2.05, 4.69) is 14.8 Å². The van der Waals surface area contributed by atoms with Crippen LogP contribution in [0.15, 0.2) is 12.3 Å². The van der Waals surface area contributed by atoms with E-state index in [0.717, 1.165) is 17.2 Å². The van der Waals surface area contributed by atoms with Crippen molar-refractivity contribution < 1.29 is 33.2 Å². The van der Waals surface area contributed by atoms with Crippen LogP contribution in [-0.4, -0.2) is 27.4 Å². The maximum Gasteiger partial charge on any atom is 0.312 e. The monoisotopic (exact) mass is 243 g/mol. The Kier molecular flexibility index (Phi) is 2.63. The second kappa shape index (κ2) is 3.67. The fraction of sp³-hybridized carbons (Fsp3) is 0.500. The highest BCUT2D eigenvalue weighted by Crippen LogP contribution is 2.46. The SMILES string of the molecule is O=C1C(OF)[C@H]2SC(OF)(OF)C=CN12. The largest absolute Gasteiger partial charge is 0.312 e. The number of fused-ring (bicyclic) bond motifs is 1. The highest BCUT2D eigenvalue weighted by atomic mass is 32.2. The molecule has 0 aromatic carbocycles. The van der Waals surface area contributed by atoms with Gasteiger partial charge in [-0.2, -0.15) is 4.94 Å². The summed E-state index contributed by atoms with van der Waals surface area (Å²) >= 11 is 0.424. The Morgan fingerprint density at radius 3 is 2.60 bits per heavy atom. The zero-order chi connectivity index (χ0) is 11.1. The summed E-state index contributed by atoms with van der Waals surface area (Å²) in [4.78, 5) is 22.0. The molecule has 2 aliphatic heterocycles. The molecule has 5 nitrogen and oxygen atoms in total. The smallest absolute Gasteiger partial charge is 0.301 e. The lowest BCUT2D eigenvalue weighted by Crippen LogP contribution is -2.63. The van der Waals surface area contributed by atoms with Crippen molar-refractivity contribution in [3.63, 3.8) is 0 Å². The van der Waals surface area contributed by atoms with E-state index in [-0.39, 0.29) is 0 Å².